The van der Waals surface area contributed by atoms with Crippen molar-refractivity contribution in [2.24, 2.45) is 0 Å². The van der Waals surface area contributed by atoms with Gasteiger partial charge in [-0.1, -0.05) is 55.8 Å². The van der Waals surface area contributed by atoms with Gasteiger partial charge in [0.25, 0.3) is 0 Å². The molecule has 0 aromatic heterocycles. The van der Waals surface area contributed by atoms with E-state index in [1.54, 1.807) is 17.0 Å². The van der Waals surface area contributed by atoms with Gasteiger partial charge < -0.3 is 15.0 Å². The Morgan fingerprint density at radius 3 is 2.29 bits per heavy atom. The van der Waals surface area contributed by atoms with Crippen LogP contribution in [0.4, 0.5) is 5.69 Å². The molecule has 0 saturated carbocycles. The van der Waals surface area contributed by atoms with Gasteiger partial charge in [-0.2, -0.15) is 0 Å². The van der Waals surface area contributed by atoms with Crippen molar-refractivity contribution < 1.29 is 22.7 Å². The zero-order valence-electron chi connectivity index (χ0n) is 22.9. The Morgan fingerprint density at radius 2 is 1.74 bits per heavy atom. The monoisotopic (exact) mass is 565 g/mol. The fourth-order valence-corrected chi connectivity index (χ4v) is 5.36. The maximum Gasteiger partial charge on any atom is 0.243 e. The number of benzene rings is 2. The number of methoxy groups -OCH3 is 1. The maximum absolute atomic E-state index is 13.5. The molecule has 8 nitrogen and oxygen atoms in total. The highest BCUT2D eigenvalue weighted by atomic mass is 35.5. The van der Waals surface area contributed by atoms with E-state index in [1.807, 2.05) is 51.1 Å². The van der Waals surface area contributed by atoms with E-state index in [1.165, 1.54) is 17.5 Å². The van der Waals surface area contributed by atoms with Gasteiger partial charge in [0.1, 0.15) is 11.8 Å². The van der Waals surface area contributed by atoms with Gasteiger partial charge in [0, 0.05) is 25.6 Å². The molecule has 0 heterocycles. The normalized spacial score (nSPS) is 12.9. The summed E-state index contributed by atoms with van der Waals surface area (Å²) in [6.45, 7) is 6.30. The molecule has 38 heavy (non-hydrogen) atoms. The van der Waals surface area contributed by atoms with E-state index in [9.17, 15) is 18.0 Å². The summed E-state index contributed by atoms with van der Waals surface area (Å²) in [5.41, 5.74) is 1.47. The fourth-order valence-electron chi connectivity index (χ4n) is 4.15. The van der Waals surface area contributed by atoms with Crippen molar-refractivity contribution >= 4 is 39.1 Å². The Morgan fingerprint density at radius 1 is 1.05 bits per heavy atom. The van der Waals surface area contributed by atoms with E-state index in [0.717, 1.165) is 18.2 Å². The number of nitrogens with zero attached hydrogens (tertiary/aromatic N) is 2. The summed E-state index contributed by atoms with van der Waals surface area (Å²) in [5.74, 6) is 0.0802. The number of hydrogen-bond acceptors (Lipinski definition) is 5. The summed E-state index contributed by atoms with van der Waals surface area (Å²) in [6.07, 6.45) is 3.36. The first-order chi connectivity index (χ1) is 18.0. The third-order valence-electron chi connectivity index (χ3n) is 6.45. The van der Waals surface area contributed by atoms with Crippen LogP contribution >= 0.6 is 11.6 Å². The second kappa shape index (κ2) is 15.0. The van der Waals surface area contributed by atoms with E-state index in [2.05, 4.69) is 5.32 Å². The van der Waals surface area contributed by atoms with Gasteiger partial charge in [0.05, 0.1) is 24.1 Å². The predicted octanol–water partition coefficient (Wildman–Crippen LogP) is 4.66. The highest BCUT2D eigenvalue weighted by molar-refractivity contribution is 7.92. The van der Waals surface area contributed by atoms with Crippen molar-refractivity contribution in [1.29, 1.82) is 0 Å². The van der Waals surface area contributed by atoms with Crippen molar-refractivity contribution in [1.82, 2.24) is 10.2 Å². The number of carbonyl (C=O) groups excluding carboxylic acids is 2. The Bertz CT molecular complexity index is 1160. The van der Waals surface area contributed by atoms with Crippen LogP contribution in [0.5, 0.6) is 5.75 Å². The van der Waals surface area contributed by atoms with E-state index in [0.29, 0.717) is 35.8 Å². The van der Waals surface area contributed by atoms with Crippen LogP contribution in [-0.4, -0.2) is 63.7 Å². The topological polar surface area (TPSA) is 96.0 Å². The average molecular weight is 566 g/mol. The average Bonchev–Trinajstić information content (AvgIpc) is 2.88. The molecule has 0 aliphatic carbocycles. The lowest BCUT2D eigenvalue weighted by Crippen LogP contribution is -2.51. The van der Waals surface area contributed by atoms with Crippen LogP contribution < -0.4 is 14.4 Å². The van der Waals surface area contributed by atoms with E-state index in [4.69, 9.17) is 16.3 Å². The number of nitrogens with one attached hydrogen (secondary N) is 1. The number of anilines is 1. The van der Waals surface area contributed by atoms with Gasteiger partial charge in [-0.3, -0.25) is 13.9 Å². The van der Waals surface area contributed by atoms with Gasteiger partial charge >= 0.3 is 0 Å². The molecule has 10 heteroatoms. The zero-order valence-corrected chi connectivity index (χ0v) is 24.5. The van der Waals surface area contributed by atoms with E-state index in [-0.39, 0.29) is 37.2 Å². The molecule has 0 radical (unpaired) electrons. The second-order valence-corrected chi connectivity index (χ2v) is 11.6. The third kappa shape index (κ3) is 9.20. The molecule has 0 spiro atoms. The molecule has 0 unspecified atom stereocenters. The summed E-state index contributed by atoms with van der Waals surface area (Å²) in [4.78, 5) is 28.2. The predicted molar refractivity (Wildman–Crippen MR) is 153 cm³/mol. The van der Waals surface area contributed by atoms with Gasteiger partial charge in [-0.05, 0) is 56.4 Å². The van der Waals surface area contributed by atoms with Crippen molar-refractivity contribution in [3.8, 4) is 5.75 Å². The highest BCUT2D eigenvalue weighted by Gasteiger charge is 2.29. The van der Waals surface area contributed by atoms with Crippen molar-refractivity contribution in [2.45, 2.75) is 65.0 Å². The lowest BCUT2D eigenvalue weighted by molar-refractivity contribution is -0.141. The van der Waals surface area contributed by atoms with Crippen molar-refractivity contribution in [2.75, 3.05) is 30.8 Å². The van der Waals surface area contributed by atoms with Crippen LogP contribution in [0.3, 0.4) is 0 Å². The third-order valence-corrected chi connectivity index (χ3v) is 7.94. The molecular formula is C28H40ClN3O5S. The van der Waals surface area contributed by atoms with Gasteiger partial charge in [-0.25, -0.2) is 8.42 Å². The summed E-state index contributed by atoms with van der Waals surface area (Å²) in [6, 6.07) is 14.0. The number of halogens is 1. The van der Waals surface area contributed by atoms with Gasteiger partial charge in [0.2, 0.25) is 21.8 Å². The molecule has 2 rings (SSSR count). The Balaban J connectivity index is 2.19. The molecule has 2 amide bonds. The minimum Gasteiger partial charge on any atom is -0.495 e. The molecule has 2 aromatic carbocycles. The van der Waals surface area contributed by atoms with Crippen LogP contribution in [0.25, 0.3) is 0 Å². The minimum absolute atomic E-state index is 0.00210. The van der Waals surface area contributed by atoms with Gasteiger partial charge in [-0.15, -0.1) is 0 Å². The van der Waals surface area contributed by atoms with Crippen LogP contribution in [0.1, 0.15) is 52.0 Å². The van der Waals surface area contributed by atoms with Gasteiger partial charge in [0.15, 0.2) is 0 Å². The van der Waals surface area contributed by atoms with E-state index >= 15 is 0 Å². The minimum atomic E-state index is -3.62. The molecule has 0 bridgehead atoms. The largest absolute Gasteiger partial charge is 0.495 e. The molecule has 210 valence electrons. The second-order valence-electron chi connectivity index (χ2n) is 9.32. The Kier molecular flexibility index (Phi) is 12.4. The molecule has 2 atom stereocenters. The molecule has 0 fully saturated rings. The first-order valence-electron chi connectivity index (χ1n) is 13.0. The highest BCUT2D eigenvalue weighted by Crippen LogP contribution is 2.30. The summed E-state index contributed by atoms with van der Waals surface area (Å²) >= 11 is 6.22. The Hall–Kier alpha value is -2.78. The molecule has 0 aliphatic rings. The Labute approximate surface area is 232 Å². The zero-order chi connectivity index (χ0) is 28.3. The van der Waals surface area contributed by atoms with Crippen LogP contribution in [-0.2, 0) is 26.0 Å². The van der Waals surface area contributed by atoms with Crippen LogP contribution in [0, 0.1) is 0 Å². The lowest BCUT2D eigenvalue weighted by Gasteiger charge is -2.32. The molecule has 0 saturated heterocycles. The first-order valence-corrected chi connectivity index (χ1v) is 15.2. The number of hydrogen-bond donors (Lipinski definition) is 1. The number of sulfonamides is 1. The SMILES string of the molecule is CC[C@@H](C)NC(=O)[C@H](CC)N(CCc1ccccc1)C(=O)CCCN(c1ccc(OC)c(Cl)c1)S(C)(=O)=O. The maximum atomic E-state index is 13.5. The first kappa shape index (κ1) is 31.4. The molecule has 1 N–H and O–H groups in total. The molecule has 0 aliphatic heterocycles. The number of rotatable bonds is 15. The van der Waals surface area contributed by atoms with E-state index < -0.39 is 16.1 Å². The summed E-state index contributed by atoms with van der Waals surface area (Å²) < 4.78 is 31.5. The lowest BCUT2D eigenvalue weighted by atomic mass is 10.1. The standard InChI is InChI=1S/C28H40ClN3O5S/c1-6-21(3)30-28(34)25(7-2)31(19-17-22-12-9-8-10-13-22)27(33)14-11-18-32(38(5,35)36)23-15-16-26(37-4)24(29)20-23/h8-10,12-13,15-16,20-21,25H,6-7,11,14,17-19H2,1-5H3,(H,30,34)/t21-,25+/m1/s1. The quantitative estimate of drug-likeness (QED) is 0.339. The number of carbonyl (C=O) groups is 2. The van der Waals surface area contributed by atoms with Crippen LogP contribution in [0.15, 0.2) is 48.5 Å². The number of amides is 2. The number of ether oxygens (including phenoxy) is 1. The summed E-state index contributed by atoms with van der Waals surface area (Å²) in [5, 5.41) is 3.29. The molecular weight excluding hydrogens is 526 g/mol. The van der Waals surface area contributed by atoms with Crippen molar-refractivity contribution in [3.05, 3.63) is 59.1 Å². The fraction of sp³-hybridized carbons (Fsp3) is 0.500. The van der Waals surface area contributed by atoms with Crippen molar-refractivity contribution in [3.63, 3.8) is 0 Å². The molecule has 2 aromatic rings. The summed E-state index contributed by atoms with van der Waals surface area (Å²) in [7, 11) is -2.14. The van der Waals surface area contributed by atoms with Crippen LogP contribution in [0.2, 0.25) is 5.02 Å². The smallest absolute Gasteiger partial charge is 0.243 e.